The van der Waals surface area contributed by atoms with Crippen molar-refractivity contribution >= 4 is 5.97 Å². The molecule has 0 saturated carbocycles. The van der Waals surface area contributed by atoms with E-state index in [1.54, 1.807) is 24.3 Å². The number of carbonyl (C=O) groups is 1. The Balaban J connectivity index is 1.66. The fourth-order valence-corrected chi connectivity index (χ4v) is 2.06. The quantitative estimate of drug-likeness (QED) is 0.689. The molecule has 0 N–H and O–H groups in total. The van der Waals surface area contributed by atoms with Gasteiger partial charge in [0.1, 0.15) is 5.69 Å². The van der Waals surface area contributed by atoms with E-state index in [0.717, 1.165) is 5.56 Å². The normalized spacial score (nSPS) is 10.0. The Morgan fingerprint density at radius 3 is 2.74 bits per heavy atom. The summed E-state index contributed by atoms with van der Waals surface area (Å²) in [5, 5.41) is 12.8. The number of rotatable bonds is 4. The average molecular weight is 304 g/mol. The molecule has 112 valence electrons. The highest BCUT2D eigenvalue weighted by atomic mass is 16.5. The van der Waals surface area contributed by atoms with Crippen LogP contribution in [-0.4, -0.2) is 11.1 Å². The second kappa shape index (κ2) is 6.58. The topological polar surface area (TPSA) is 76.1 Å². The largest absolute Gasteiger partial charge is 0.454 e. The summed E-state index contributed by atoms with van der Waals surface area (Å²) in [5.74, 6) is -0.0617. The molecule has 0 amide bonds. The third kappa shape index (κ3) is 3.44. The number of nitrogens with zero attached hydrogens (tertiary/aromatic N) is 2. The first-order valence-corrected chi connectivity index (χ1v) is 6.94. The van der Waals surface area contributed by atoms with Gasteiger partial charge in [-0.3, -0.25) is 0 Å². The summed E-state index contributed by atoms with van der Waals surface area (Å²) in [7, 11) is 0. The molecule has 0 radical (unpaired) electrons. The second-order valence-electron chi connectivity index (χ2n) is 4.81. The predicted octanol–water partition coefficient (Wildman–Crippen LogP) is 3.57. The molecule has 2 aromatic carbocycles. The Morgan fingerprint density at radius 1 is 1.13 bits per heavy atom. The third-order valence-electron chi connectivity index (χ3n) is 3.20. The molecule has 1 heterocycles. The lowest BCUT2D eigenvalue weighted by Gasteiger charge is -2.02. The molecule has 0 aliphatic rings. The van der Waals surface area contributed by atoms with Gasteiger partial charge in [0.25, 0.3) is 0 Å². The van der Waals surface area contributed by atoms with E-state index in [4.69, 9.17) is 14.5 Å². The van der Waals surface area contributed by atoms with Gasteiger partial charge in [0.15, 0.2) is 12.4 Å². The van der Waals surface area contributed by atoms with Crippen molar-refractivity contribution in [1.29, 1.82) is 5.26 Å². The van der Waals surface area contributed by atoms with Gasteiger partial charge in [0.2, 0.25) is 0 Å². The Labute approximate surface area is 132 Å². The lowest BCUT2D eigenvalue weighted by molar-refractivity contribution is 0.0437. The zero-order valence-corrected chi connectivity index (χ0v) is 12.1. The molecule has 0 atom stereocenters. The van der Waals surface area contributed by atoms with E-state index < -0.39 is 5.97 Å². The number of carbonyl (C=O) groups excluding carboxylic acids is 1. The van der Waals surface area contributed by atoms with Crippen LogP contribution >= 0.6 is 0 Å². The van der Waals surface area contributed by atoms with Crippen LogP contribution in [0.2, 0.25) is 0 Å². The minimum absolute atomic E-state index is 0.0184. The fourth-order valence-electron chi connectivity index (χ4n) is 2.06. The molecule has 1 aromatic heterocycles. The summed E-state index contributed by atoms with van der Waals surface area (Å²) in [5.41, 5.74) is 2.34. The molecular formula is C18H12N2O3. The Hall–Kier alpha value is -3.39. The van der Waals surface area contributed by atoms with Gasteiger partial charge in [-0.25, -0.2) is 4.79 Å². The Morgan fingerprint density at radius 2 is 1.96 bits per heavy atom. The first-order valence-electron chi connectivity index (χ1n) is 6.94. The molecule has 0 spiro atoms. The van der Waals surface area contributed by atoms with Crippen molar-refractivity contribution in [1.82, 2.24) is 5.16 Å². The fraction of sp³-hybridized carbons (Fsp3) is 0.0556. The molecule has 0 unspecified atom stereocenters. The molecule has 0 fully saturated rings. The summed E-state index contributed by atoms with van der Waals surface area (Å²) in [6.45, 7) is -0.0184. The van der Waals surface area contributed by atoms with Gasteiger partial charge in [0, 0.05) is 11.6 Å². The molecule has 23 heavy (non-hydrogen) atoms. The summed E-state index contributed by atoms with van der Waals surface area (Å²) in [6.07, 6.45) is 0. The standard InChI is InChI=1S/C18H12N2O3/c19-11-13-5-4-8-15(9-13)18(21)22-12-16-10-17(20-23-16)14-6-2-1-3-7-14/h1-10H,12H2. The van der Waals surface area contributed by atoms with E-state index in [2.05, 4.69) is 5.16 Å². The van der Waals surface area contributed by atoms with Gasteiger partial charge in [-0.15, -0.1) is 0 Å². The molecule has 0 bridgehead atoms. The minimum Gasteiger partial charge on any atom is -0.454 e. The molecule has 0 saturated heterocycles. The average Bonchev–Trinajstić information content (AvgIpc) is 3.09. The molecule has 3 rings (SSSR count). The number of ether oxygens (including phenoxy) is 1. The van der Waals surface area contributed by atoms with Crippen LogP contribution in [0.25, 0.3) is 11.3 Å². The zero-order valence-electron chi connectivity index (χ0n) is 12.1. The van der Waals surface area contributed by atoms with E-state index in [0.29, 0.717) is 22.6 Å². The summed E-state index contributed by atoms with van der Waals surface area (Å²) < 4.78 is 10.4. The number of benzene rings is 2. The SMILES string of the molecule is N#Cc1cccc(C(=O)OCc2cc(-c3ccccc3)no2)c1. The monoisotopic (exact) mass is 304 g/mol. The van der Waals surface area contributed by atoms with Crippen LogP contribution in [0.1, 0.15) is 21.7 Å². The van der Waals surface area contributed by atoms with Crippen molar-refractivity contribution < 1.29 is 14.1 Å². The number of hydrogen-bond donors (Lipinski definition) is 0. The van der Waals surface area contributed by atoms with Crippen LogP contribution in [0.3, 0.4) is 0 Å². The van der Waals surface area contributed by atoms with E-state index >= 15 is 0 Å². The summed E-state index contributed by atoms with van der Waals surface area (Å²) >= 11 is 0. The van der Waals surface area contributed by atoms with Crippen molar-refractivity contribution in [3.63, 3.8) is 0 Å². The second-order valence-corrected chi connectivity index (χ2v) is 4.81. The maximum Gasteiger partial charge on any atom is 0.338 e. The van der Waals surface area contributed by atoms with Crippen LogP contribution < -0.4 is 0 Å². The van der Waals surface area contributed by atoms with Crippen molar-refractivity contribution in [2.75, 3.05) is 0 Å². The van der Waals surface area contributed by atoms with Crippen molar-refractivity contribution in [2.45, 2.75) is 6.61 Å². The van der Waals surface area contributed by atoms with Gasteiger partial charge >= 0.3 is 5.97 Å². The first-order chi connectivity index (χ1) is 11.3. The molecule has 3 aromatic rings. The highest BCUT2D eigenvalue weighted by Crippen LogP contribution is 2.19. The van der Waals surface area contributed by atoms with Crippen LogP contribution in [0.5, 0.6) is 0 Å². The Kier molecular flexibility index (Phi) is 4.16. The molecule has 0 aliphatic carbocycles. The highest BCUT2D eigenvalue weighted by molar-refractivity contribution is 5.89. The Bertz CT molecular complexity index is 863. The minimum atomic E-state index is -0.514. The highest BCUT2D eigenvalue weighted by Gasteiger charge is 2.11. The van der Waals surface area contributed by atoms with E-state index in [9.17, 15) is 4.79 Å². The smallest absolute Gasteiger partial charge is 0.338 e. The maximum absolute atomic E-state index is 12.0. The zero-order chi connectivity index (χ0) is 16.1. The number of hydrogen-bond acceptors (Lipinski definition) is 5. The van der Waals surface area contributed by atoms with Gasteiger partial charge in [-0.05, 0) is 18.2 Å². The predicted molar refractivity (Wildman–Crippen MR) is 82.2 cm³/mol. The van der Waals surface area contributed by atoms with Gasteiger partial charge in [-0.1, -0.05) is 41.6 Å². The number of nitriles is 1. The number of esters is 1. The first kappa shape index (κ1) is 14.5. The molecule has 5 heteroatoms. The van der Waals surface area contributed by atoms with E-state index in [-0.39, 0.29) is 6.61 Å². The maximum atomic E-state index is 12.0. The van der Waals surface area contributed by atoms with Crippen molar-refractivity contribution in [3.05, 3.63) is 77.6 Å². The van der Waals surface area contributed by atoms with Crippen molar-refractivity contribution in [3.8, 4) is 17.3 Å². The van der Waals surface area contributed by atoms with Crippen LogP contribution in [0.4, 0.5) is 0 Å². The van der Waals surface area contributed by atoms with Gasteiger partial charge in [0.05, 0.1) is 17.2 Å². The molecule has 0 aliphatic heterocycles. The van der Waals surface area contributed by atoms with Crippen LogP contribution in [0.15, 0.2) is 65.2 Å². The number of aromatic nitrogens is 1. The van der Waals surface area contributed by atoms with Crippen LogP contribution in [0, 0.1) is 11.3 Å². The van der Waals surface area contributed by atoms with Gasteiger partial charge in [-0.2, -0.15) is 5.26 Å². The van der Waals surface area contributed by atoms with Gasteiger partial charge < -0.3 is 9.26 Å². The lowest BCUT2D eigenvalue weighted by atomic mass is 10.1. The van der Waals surface area contributed by atoms with E-state index in [1.807, 2.05) is 36.4 Å². The molecular weight excluding hydrogens is 292 g/mol. The third-order valence-corrected chi connectivity index (χ3v) is 3.20. The van der Waals surface area contributed by atoms with Crippen molar-refractivity contribution in [2.24, 2.45) is 0 Å². The van der Waals surface area contributed by atoms with E-state index in [1.165, 1.54) is 6.07 Å². The van der Waals surface area contributed by atoms with Crippen LogP contribution in [-0.2, 0) is 11.3 Å². The molecule has 5 nitrogen and oxygen atoms in total. The summed E-state index contributed by atoms with van der Waals surface area (Å²) in [4.78, 5) is 12.0. The summed E-state index contributed by atoms with van der Waals surface area (Å²) in [6, 6.07) is 19.6. The lowest BCUT2D eigenvalue weighted by Crippen LogP contribution is -2.05.